The van der Waals surface area contributed by atoms with Gasteiger partial charge in [-0.05, 0) is 104 Å². The molecule has 4 aliphatic carbocycles. The van der Waals surface area contributed by atoms with Crippen LogP contribution in [0.2, 0.25) is 0 Å². The maximum atomic E-state index is 12.5. The van der Waals surface area contributed by atoms with Gasteiger partial charge in [0.1, 0.15) is 73.2 Å². The molecule has 0 aromatic heterocycles. The van der Waals surface area contributed by atoms with Crippen LogP contribution in [0.15, 0.2) is 12.2 Å². The minimum absolute atomic E-state index is 0.0762. The van der Waals surface area contributed by atoms with Crippen molar-refractivity contribution >= 4 is 0 Å². The van der Waals surface area contributed by atoms with E-state index in [0.29, 0.717) is 25.7 Å². The van der Waals surface area contributed by atoms with Crippen LogP contribution in [0, 0.1) is 51.8 Å². The molecule has 7 fully saturated rings. The van der Waals surface area contributed by atoms with Gasteiger partial charge in [0.05, 0.1) is 43.7 Å². The molecule has 3 heterocycles. The molecule has 5 unspecified atom stereocenters. The fourth-order valence-corrected chi connectivity index (χ4v) is 14.1. The second-order valence-corrected chi connectivity index (χ2v) is 22.4. The second-order valence-electron chi connectivity index (χ2n) is 22.4. The van der Waals surface area contributed by atoms with Gasteiger partial charge in [0, 0.05) is 0 Å². The normalized spacial score (nSPS) is 52.1. The molecule has 3 saturated heterocycles. The van der Waals surface area contributed by atoms with Gasteiger partial charge in [0.15, 0.2) is 18.9 Å². The highest BCUT2D eigenvalue weighted by Gasteiger charge is 2.68. The van der Waals surface area contributed by atoms with Gasteiger partial charge in [-0.3, -0.25) is 0 Å². The highest BCUT2D eigenvalue weighted by Crippen LogP contribution is 2.71. The van der Waals surface area contributed by atoms with E-state index in [2.05, 4.69) is 27.7 Å². The lowest BCUT2D eigenvalue weighted by Gasteiger charge is -2.66. The van der Waals surface area contributed by atoms with Crippen LogP contribution in [-0.2, 0) is 28.4 Å². The SMILES string of the molecule is CC(C)C(O)/C=C/[C@](C)(O[C@@H]1O[C@H](CO)[C@@H](O)[C@H](O)[C@H]1O)[C@H]1CC[C@]2(C)C3CCC4C(C)(C)C(O[C@@H]5O[C@H](CO)[C@@H](O)[C@H](O)[C@H]5O[C@@H]5O[C@H](CO)[C@@H](O)[C@H](O)[C@H]5O)CC[C@]4(C)C3C[C@H](O)[C@@H]12. The molecule has 7 rings (SSSR count). The molecule has 3 aliphatic heterocycles. The lowest BCUT2D eigenvalue weighted by Crippen LogP contribution is -2.66. The van der Waals surface area contributed by atoms with E-state index in [0.717, 1.165) is 19.3 Å². The zero-order valence-corrected chi connectivity index (χ0v) is 39.3. The molecule has 0 spiro atoms. The summed E-state index contributed by atoms with van der Waals surface area (Å²) < 4.78 is 36.9. The summed E-state index contributed by atoms with van der Waals surface area (Å²) in [5, 5.41) is 139. The standard InChI is InChI=1S/C47H80O19/c1-20(2)24(51)11-15-47(7,66-42-39(60)36(57)33(54)27(18-49)62-42)22-10-13-46(6)21-8-9-29-44(3,4)30(12-14-45(29,5)23(21)16-25(52)31(22)46)64-43-40(37(58)34(55)28(19-50)63-43)65-41-38(59)35(56)32(53)26(17-48)61-41/h11,15,20-43,48-60H,8-10,12-14,16-19H2,1-7H3/b15-11+/t21?,22-,23?,24?,25-,26+,27+,28+,29?,30?,31+,32+,33+,34+,35-,36-,37-,38+,39+,40+,41-,42-,43-,45+,46+,47-/m0/s1. The summed E-state index contributed by atoms with van der Waals surface area (Å²) in [7, 11) is 0. The molecule has 0 aromatic rings. The van der Waals surface area contributed by atoms with Gasteiger partial charge >= 0.3 is 0 Å². The van der Waals surface area contributed by atoms with Crippen molar-refractivity contribution < 1.29 is 94.8 Å². The first kappa shape index (κ1) is 52.8. The summed E-state index contributed by atoms with van der Waals surface area (Å²) in [5.41, 5.74) is -2.39. The molecule has 0 bridgehead atoms. The predicted octanol–water partition coefficient (Wildman–Crippen LogP) is -1.59. The molecule has 19 heteroatoms. The predicted molar refractivity (Wildman–Crippen MR) is 230 cm³/mol. The van der Waals surface area contributed by atoms with Crippen LogP contribution in [0.3, 0.4) is 0 Å². The Labute approximate surface area is 387 Å². The minimum atomic E-state index is -1.80. The van der Waals surface area contributed by atoms with Crippen LogP contribution in [-0.4, -0.2) is 202 Å². The molecule has 13 N–H and O–H groups in total. The summed E-state index contributed by atoms with van der Waals surface area (Å²) in [5.74, 6) is -0.331. The highest BCUT2D eigenvalue weighted by atomic mass is 16.8. The van der Waals surface area contributed by atoms with Crippen LogP contribution < -0.4 is 0 Å². The van der Waals surface area contributed by atoms with Crippen molar-refractivity contribution in [2.24, 2.45) is 51.8 Å². The third-order valence-electron chi connectivity index (χ3n) is 18.0. The lowest BCUT2D eigenvalue weighted by atomic mass is 9.39. The molecule has 66 heavy (non-hydrogen) atoms. The molecule has 4 saturated carbocycles. The minimum Gasteiger partial charge on any atom is -0.394 e. The molecule has 26 atom stereocenters. The Morgan fingerprint density at radius 2 is 1.15 bits per heavy atom. The Kier molecular flexibility index (Phi) is 15.9. The first-order chi connectivity index (χ1) is 30.9. The average molecular weight is 949 g/mol. The topological polar surface area (TPSA) is 318 Å². The van der Waals surface area contributed by atoms with Crippen LogP contribution in [0.25, 0.3) is 0 Å². The number of hydrogen-bond acceptors (Lipinski definition) is 19. The Hall–Kier alpha value is -1.02. The number of aliphatic hydroxyl groups excluding tert-OH is 13. The zero-order valence-electron chi connectivity index (χ0n) is 39.3. The average Bonchev–Trinajstić information content (AvgIpc) is 3.66. The number of rotatable bonds is 13. The largest absolute Gasteiger partial charge is 0.394 e. The zero-order chi connectivity index (χ0) is 48.6. The van der Waals surface area contributed by atoms with Crippen molar-refractivity contribution in [3.63, 3.8) is 0 Å². The maximum absolute atomic E-state index is 12.5. The Bertz CT molecular complexity index is 1650. The van der Waals surface area contributed by atoms with E-state index in [9.17, 15) is 66.4 Å². The number of fused-ring (bicyclic) bond motifs is 5. The first-order valence-corrected chi connectivity index (χ1v) is 24.2. The number of hydrogen-bond donors (Lipinski definition) is 13. The third kappa shape index (κ3) is 9.11. The van der Waals surface area contributed by atoms with Crippen LogP contribution in [0.1, 0.15) is 93.4 Å². The molecular formula is C47H80O19. The van der Waals surface area contributed by atoms with E-state index < -0.39 is 141 Å². The molecule has 382 valence electrons. The fraction of sp³-hybridized carbons (Fsp3) is 0.957. The van der Waals surface area contributed by atoms with Crippen molar-refractivity contribution in [1.82, 2.24) is 0 Å². The quantitative estimate of drug-likeness (QED) is 0.0731. The summed E-state index contributed by atoms with van der Waals surface area (Å²) in [6.07, 6.45) is -17.0. The van der Waals surface area contributed by atoms with Crippen molar-refractivity contribution in [3.8, 4) is 0 Å². The van der Waals surface area contributed by atoms with E-state index in [1.807, 2.05) is 20.8 Å². The van der Waals surface area contributed by atoms with E-state index in [1.54, 1.807) is 12.2 Å². The van der Waals surface area contributed by atoms with Gasteiger partial charge in [-0.15, -0.1) is 0 Å². The summed E-state index contributed by atoms with van der Waals surface area (Å²) >= 11 is 0. The van der Waals surface area contributed by atoms with Crippen LogP contribution in [0.5, 0.6) is 0 Å². The van der Waals surface area contributed by atoms with Crippen LogP contribution in [0.4, 0.5) is 0 Å². The van der Waals surface area contributed by atoms with Crippen molar-refractivity contribution in [3.05, 3.63) is 12.2 Å². The van der Waals surface area contributed by atoms with Crippen LogP contribution >= 0.6 is 0 Å². The van der Waals surface area contributed by atoms with E-state index in [1.165, 1.54) is 0 Å². The van der Waals surface area contributed by atoms with Gasteiger partial charge in [-0.1, -0.05) is 53.7 Å². The van der Waals surface area contributed by atoms with E-state index >= 15 is 0 Å². The summed E-state index contributed by atoms with van der Waals surface area (Å²) in [6, 6.07) is 0. The smallest absolute Gasteiger partial charge is 0.187 e. The monoisotopic (exact) mass is 949 g/mol. The molecule has 0 aromatic carbocycles. The molecule has 7 aliphatic rings. The van der Waals surface area contributed by atoms with Crippen molar-refractivity contribution in [2.75, 3.05) is 19.8 Å². The lowest BCUT2D eigenvalue weighted by molar-refractivity contribution is -0.378. The van der Waals surface area contributed by atoms with E-state index in [4.69, 9.17) is 28.4 Å². The Balaban J connectivity index is 1.12. The first-order valence-electron chi connectivity index (χ1n) is 24.2. The molecule has 19 nitrogen and oxygen atoms in total. The Morgan fingerprint density at radius 1 is 0.621 bits per heavy atom. The van der Waals surface area contributed by atoms with Gasteiger partial charge in [-0.25, -0.2) is 0 Å². The Morgan fingerprint density at radius 3 is 1.73 bits per heavy atom. The summed E-state index contributed by atoms with van der Waals surface area (Å²) in [6.45, 7) is 12.4. The van der Waals surface area contributed by atoms with Gasteiger partial charge in [0.2, 0.25) is 0 Å². The van der Waals surface area contributed by atoms with E-state index in [-0.39, 0.29) is 46.3 Å². The maximum Gasteiger partial charge on any atom is 0.187 e. The molecule has 0 radical (unpaired) electrons. The molecule has 0 amide bonds. The molecular weight excluding hydrogens is 868 g/mol. The third-order valence-corrected chi connectivity index (χ3v) is 18.0. The number of ether oxygens (including phenoxy) is 6. The van der Waals surface area contributed by atoms with Crippen molar-refractivity contribution in [2.45, 2.75) is 209 Å². The highest BCUT2D eigenvalue weighted by molar-refractivity contribution is 5.19. The van der Waals surface area contributed by atoms with Gasteiger partial charge in [-0.2, -0.15) is 0 Å². The number of aliphatic hydroxyl groups is 13. The van der Waals surface area contributed by atoms with Gasteiger partial charge in [0.25, 0.3) is 0 Å². The van der Waals surface area contributed by atoms with Crippen molar-refractivity contribution in [1.29, 1.82) is 0 Å². The summed E-state index contributed by atoms with van der Waals surface area (Å²) in [4.78, 5) is 0. The fourth-order valence-electron chi connectivity index (χ4n) is 14.1. The second kappa shape index (κ2) is 19.9. The van der Waals surface area contributed by atoms with Gasteiger partial charge < -0.3 is 94.8 Å².